The van der Waals surface area contributed by atoms with E-state index >= 15 is 0 Å². The van der Waals surface area contributed by atoms with Gasteiger partial charge in [-0.15, -0.1) is 10.2 Å². The fraction of sp³-hybridized carbons (Fsp3) is 0.526. The Labute approximate surface area is 153 Å². The fourth-order valence-corrected chi connectivity index (χ4v) is 3.39. The van der Waals surface area contributed by atoms with E-state index in [2.05, 4.69) is 45.8 Å². The van der Waals surface area contributed by atoms with Crippen molar-refractivity contribution in [3.63, 3.8) is 0 Å². The summed E-state index contributed by atoms with van der Waals surface area (Å²) in [4.78, 5) is 11.2. The number of hydrogen-bond donors (Lipinski definition) is 0. The zero-order valence-corrected chi connectivity index (χ0v) is 15.8. The molecule has 0 spiro atoms. The third-order valence-electron chi connectivity index (χ3n) is 4.98. The summed E-state index contributed by atoms with van der Waals surface area (Å²) in [5.74, 6) is 2.15. The molecule has 4 rings (SSSR count). The molecule has 0 N–H and O–H groups in total. The Hall–Kier alpha value is -2.57. The van der Waals surface area contributed by atoms with Gasteiger partial charge in [-0.3, -0.25) is 0 Å². The molecule has 3 aromatic heterocycles. The summed E-state index contributed by atoms with van der Waals surface area (Å²) < 4.78 is 1.93. The minimum Gasteiger partial charge on any atom is -0.341 e. The topological polar surface area (TPSA) is 72.1 Å². The van der Waals surface area contributed by atoms with Crippen LogP contribution in [0.3, 0.4) is 0 Å². The normalized spacial score (nSPS) is 16.4. The minimum absolute atomic E-state index is 0.00159. The lowest BCUT2D eigenvalue weighted by Gasteiger charge is -2.31. The van der Waals surface area contributed by atoms with Gasteiger partial charge < -0.3 is 4.90 Å². The van der Waals surface area contributed by atoms with Gasteiger partial charge in [-0.1, -0.05) is 20.8 Å². The second-order valence-electron chi connectivity index (χ2n) is 8.06. The Balaban J connectivity index is 1.56. The maximum absolute atomic E-state index is 4.82. The van der Waals surface area contributed by atoms with Crippen molar-refractivity contribution in [1.29, 1.82) is 0 Å². The van der Waals surface area contributed by atoms with Gasteiger partial charge in [-0.25, -0.2) is 9.97 Å². The van der Waals surface area contributed by atoms with Gasteiger partial charge in [0.1, 0.15) is 0 Å². The van der Waals surface area contributed by atoms with Crippen molar-refractivity contribution < 1.29 is 0 Å². The molecule has 0 bridgehead atoms. The number of piperidine rings is 1. The maximum atomic E-state index is 4.82. The molecule has 0 saturated carbocycles. The number of nitrogens with zero attached hydrogens (tertiary/aromatic N) is 7. The largest absolute Gasteiger partial charge is 0.341 e. The van der Waals surface area contributed by atoms with E-state index in [9.17, 15) is 0 Å². The van der Waals surface area contributed by atoms with Gasteiger partial charge in [-0.05, 0) is 38.0 Å². The van der Waals surface area contributed by atoms with E-state index in [1.807, 2.05) is 35.8 Å². The van der Waals surface area contributed by atoms with Crippen molar-refractivity contribution in [3.05, 3.63) is 41.6 Å². The third-order valence-corrected chi connectivity index (χ3v) is 4.98. The van der Waals surface area contributed by atoms with Crippen molar-refractivity contribution in [2.45, 2.75) is 51.9 Å². The van der Waals surface area contributed by atoms with Crippen molar-refractivity contribution in [2.75, 3.05) is 18.0 Å². The Morgan fingerprint density at radius 2 is 1.81 bits per heavy atom. The lowest BCUT2D eigenvalue weighted by atomic mass is 9.92. The monoisotopic (exact) mass is 351 g/mol. The highest BCUT2D eigenvalue weighted by atomic mass is 15.4. The van der Waals surface area contributed by atoms with Gasteiger partial charge in [0, 0.05) is 36.3 Å². The van der Waals surface area contributed by atoms with E-state index in [0.717, 1.165) is 54.7 Å². The standard InChI is InChI=1S/C19H25N7/c1-13-7-10-20-18(21-13)25-11-8-14(9-12-25)17-23-22-16-6-5-15(19(2,3)4)24-26(16)17/h5-7,10,14H,8-9,11-12H2,1-4H3. The van der Waals surface area contributed by atoms with Crippen molar-refractivity contribution in [3.8, 4) is 0 Å². The Morgan fingerprint density at radius 3 is 2.50 bits per heavy atom. The van der Waals surface area contributed by atoms with Crippen LogP contribution in [0.15, 0.2) is 24.4 Å². The molecule has 0 unspecified atom stereocenters. The maximum Gasteiger partial charge on any atom is 0.225 e. The molecule has 26 heavy (non-hydrogen) atoms. The lowest BCUT2D eigenvalue weighted by molar-refractivity contribution is 0.468. The van der Waals surface area contributed by atoms with Crippen LogP contribution in [0.2, 0.25) is 0 Å². The molecule has 136 valence electrons. The van der Waals surface area contributed by atoms with E-state index in [-0.39, 0.29) is 5.41 Å². The molecule has 7 nitrogen and oxygen atoms in total. The van der Waals surface area contributed by atoms with Gasteiger partial charge >= 0.3 is 0 Å². The number of anilines is 1. The van der Waals surface area contributed by atoms with Crippen LogP contribution in [-0.4, -0.2) is 42.9 Å². The van der Waals surface area contributed by atoms with E-state index in [4.69, 9.17) is 5.10 Å². The number of aromatic nitrogens is 6. The second-order valence-corrected chi connectivity index (χ2v) is 8.06. The number of aryl methyl sites for hydroxylation is 1. The predicted octanol–water partition coefficient (Wildman–Crippen LogP) is 2.90. The molecule has 0 aromatic carbocycles. The van der Waals surface area contributed by atoms with Crippen LogP contribution in [0, 0.1) is 6.92 Å². The third kappa shape index (κ3) is 3.13. The van der Waals surface area contributed by atoms with E-state index in [0.29, 0.717) is 5.92 Å². The Bertz CT molecular complexity index is 917. The molecule has 0 aliphatic carbocycles. The molecule has 4 heterocycles. The summed E-state index contributed by atoms with van der Waals surface area (Å²) in [6.45, 7) is 10.4. The van der Waals surface area contributed by atoms with Gasteiger partial charge in [0.25, 0.3) is 0 Å². The molecule has 1 aliphatic heterocycles. The minimum atomic E-state index is 0.00159. The SMILES string of the molecule is Cc1ccnc(N2CCC(c3nnc4ccc(C(C)(C)C)nn34)CC2)n1. The Morgan fingerprint density at radius 1 is 1.04 bits per heavy atom. The molecule has 0 atom stereocenters. The van der Waals surface area contributed by atoms with Crippen LogP contribution in [-0.2, 0) is 5.41 Å². The molecule has 3 aromatic rings. The highest BCUT2D eigenvalue weighted by Gasteiger charge is 2.27. The van der Waals surface area contributed by atoms with Gasteiger partial charge in [-0.2, -0.15) is 9.61 Å². The second kappa shape index (κ2) is 6.30. The molecule has 0 amide bonds. The summed E-state index contributed by atoms with van der Waals surface area (Å²) in [6.07, 6.45) is 3.83. The first-order valence-electron chi connectivity index (χ1n) is 9.19. The highest BCUT2D eigenvalue weighted by molar-refractivity contribution is 5.38. The quantitative estimate of drug-likeness (QED) is 0.707. The smallest absolute Gasteiger partial charge is 0.225 e. The first kappa shape index (κ1) is 16.9. The fourth-order valence-electron chi connectivity index (χ4n) is 3.39. The number of fused-ring (bicyclic) bond motifs is 1. The molecule has 1 saturated heterocycles. The van der Waals surface area contributed by atoms with E-state index < -0.39 is 0 Å². The summed E-state index contributed by atoms with van der Waals surface area (Å²) in [5.41, 5.74) is 2.87. The van der Waals surface area contributed by atoms with Gasteiger partial charge in [0.05, 0.1) is 5.69 Å². The van der Waals surface area contributed by atoms with Crippen molar-refractivity contribution >= 4 is 11.6 Å². The molecule has 1 aliphatic rings. The van der Waals surface area contributed by atoms with Crippen LogP contribution in [0.25, 0.3) is 5.65 Å². The summed E-state index contributed by atoms with van der Waals surface area (Å²) in [5, 5.41) is 13.6. The highest BCUT2D eigenvalue weighted by Crippen LogP contribution is 2.29. The van der Waals surface area contributed by atoms with Gasteiger partial charge in [0.15, 0.2) is 11.5 Å². The predicted molar refractivity (Wildman–Crippen MR) is 100 cm³/mol. The average molecular weight is 351 g/mol. The first-order chi connectivity index (χ1) is 12.4. The van der Waals surface area contributed by atoms with Gasteiger partial charge in [0.2, 0.25) is 5.95 Å². The zero-order valence-electron chi connectivity index (χ0n) is 15.8. The van der Waals surface area contributed by atoms with Crippen molar-refractivity contribution in [1.82, 2.24) is 29.8 Å². The first-order valence-corrected chi connectivity index (χ1v) is 9.19. The van der Waals surface area contributed by atoms with Crippen LogP contribution >= 0.6 is 0 Å². The Kier molecular flexibility index (Phi) is 4.09. The van der Waals surface area contributed by atoms with Crippen LogP contribution in [0.5, 0.6) is 0 Å². The molecule has 7 heteroatoms. The molecular weight excluding hydrogens is 326 g/mol. The number of hydrogen-bond acceptors (Lipinski definition) is 6. The van der Waals surface area contributed by atoms with Crippen LogP contribution in [0.4, 0.5) is 5.95 Å². The summed E-state index contributed by atoms with van der Waals surface area (Å²) in [6, 6.07) is 5.99. The van der Waals surface area contributed by atoms with Crippen LogP contribution in [0.1, 0.15) is 56.7 Å². The molecular formula is C19H25N7. The lowest BCUT2D eigenvalue weighted by Crippen LogP contribution is -2.34. The van der Waals surface area contributed by atoms with Crippen LogP contribution < -0.4 is 4.90 Å². The van der Waals surface area contributed by atoms with E-state index in [1.165, 1.54) is 0 Å². The average Bonchev–Trinajstić information content (AvgIpc) is 3.04. The molecule has 0 radical (unpaired) electrons. The summed E-state index contributed by atoms with van der Waals surface area (Å²) >= 11 is 0. The zero-order chi connectivity index (χ0) is 18.3. The summed E-state index contributed by atoms with van der Waals surface area (Å²) in [7, 11) is 0. The van der Waals surface area contributed by atoms with E-state index in [1.54, 1.807) is 0 Å². The molecule has 1 fully saturated rings. The van der Waals surface area contributed by atoms with Crippen molar-refractivity contribution in [2.24, 2.45) is 0 Å². The number of rotatable bonds is 2.